The van der Waals surface area contributed by atoms with E-state index in [9.17, 15) is 23.7 Å². The lowest BCUT2D eigenvalue weighted by atomic mass is 9.98. The number of hydrogen-bond donors (Lipinski definition) is 3. The molecular formula is C37H57F2N4O7P. The fourth-order valence-corrected chi connectivity index (χ4v) is 7.27. The summed E-state index contributed by atoms with van der Waals surface area (Å²) >= 11 is 0. The second-order valence-corrected chi connectivity index (χ2v) is 15.1. The molecule has 51 heavy (non-hydrogen) atoms. The van der Waals surface area contributed by atoms with Crippen LogP contribution in [0.3, 0.4) is 0 Å². The van der Waals surface area contributed by atoms with Gasteiger partial charge in [-0.3, -0.25) is 13.9 Å². The molecule has 11 nitrogen and oxygen atoms in total. The van der Waals surface area contributed by atoms with Gasteiger partial charge in [0.05, 0.1) is 6.61 Å². The second kappa shape index (κ2) is 22.2. The van der Waals surface area contributed by atoms with Crippen molar-refractivity contribution in [2.24, 2.45) is 0 Å². The third kappa shape index (κ3) is 14.9. The zero-order valence-electron chi connectivity index (χ0n) is 30.2. The Morgan fingerprint density at radius 1 is 1.02 bits per heavy atom. The predicted molar refractivity (Wildman–Crippen MR) is 195 cm³/mol. The van der Waals surface area contributed by atoms with Crippen molar-refractivity contribution in [3.63, 3.8) is 0 Å². The van der Waals surface area contributed by atoms with Crippen molar-refractivity contribution in [3.8, 4) is 5.75 Å². The number of nitrogen functional groups attached to an aromatic ring is 1. The number of rotatable bonds is 26. The Kier molecular flexibility index (Phi) is 18.5. The van der Waals surface area contributed by atoms with Gasteiger partial charge in [-0.1, -0.05) is 70.4 Å². The maximum atomic E-state index is 15.6. The lowest BCUT2D eigenvalue weighted by Crippen LogP contribution is -2.43. The van der Waals surface area contributed by atoms with Gasteiger partial charge in [-0.05, 0) is 75.8 Å². The van der Waals surface area contributed by atoms with Crippen LogP contribution in [-0.2, 0) is 18.6 Å². The quantitative estimate of drug-likeness (QED) is 0.0490. The topological polar surface area (TPSA) is 155 Å². The van der Waals surface area contributed by atoms with E-state index in [-0.39, 0.29) is 30.3 Å². The third-order valence-electron chi connectivity index (χ3n) is 8.92. The number of hydrogen-bond acceptors (Lipinski definition) is 9. The number of allylic oxidation sites excluding steroid dienone is 2. The lowest BCUT2D eigenvalue weighted by molar-refractivity contribution is -0.119. The first-order chi connectivity index (χ1) is 24.4. The molecule has 1 unspecified atom stereocenters. The predicted octanol–water partition coefficient (Wildman–Crippen LogP) is 8.13. The van der Waals surface area contributed by atoms with Gasteiger partial charge in [0.2, 0.25) is 0 Å². The van der Waals surface area contributed by atoms with Gasteiger partial charge in [-0.25, -0.2) is 23.2 Å². The molecule has 0 aliphatic carbocycles. The maximum absolute atomic E-state index is 15.6. The Morgan fingerprint density at radius 2 is 1.63 bits per heavy atom. The first-order valence-electron chi connectivity index (χ1n) is 18.4. The molecule has 0 bridgehead atoms. The molecule has 4 N–H and O–H groups in total. The van der Waals surface area contributed by atoms with Gasteiger partial charge in [0, 0.05) is 25.6 Å². The van der Waals surface area contributed by atoms with E-state index in [0.717, 1.165) is 62.1 Å². The number of nitrogens with one attached hydrogen (secondary N) is 1. The van der Waals surface area contributed by atoms with Crippen LogP contribution in [0.25, 0.3) is 0 Å². The molecule has 2 heterocycles. The SMILES string of the molecule is CCCCCCCC/C=C\CCCCCCCC(=O)CCCNP(=O)(OC[C@H]1O[C@@H](n2ccc(N)nc2=O)[C@](C)(F)[C@@H]1O)Oc1ccc(F)cc1. The minimum absolute atomic E-state index is 0.0353. The second-order valence-electron chi connectivity index (χ2n) is 13.4. The molecular weight excluding hydrogens is 681 g/mol. The standard InChI is InChI=1S/C37H57F2N4O7P/c1-3-4-5-6-7-8-9-10-11-12-13-14-15-16-17-19-30(44)20-18-26-41-51(47,50-31-23-21-29(38)22-24-31)48-28-32-34(45)37(2,39)35(49-32)43-27-25-33(40)42-36(43)46/h10-11,21-25,27,32,34-35,45H,3-9,12-20,26,28H2,1-2H3,(H,41,47)(H2,40,42,46)/b11-10-/t32-,34-,35-,37-,51?/m1/s1. The van der Waals surface area contributed by atoms with E-state index in [2.05, 4.69) is 29.1 Å². The summed E-state index contributed by atoms with van der Waals surface area (Å²) in [5.41, 5.74) is 2.20. The van der Waals surface area contributed by atoms with Crippen molar-refractivity contribution in [3.05, 3.63) is 65.0 Å². The highest BCUT2D eigenvalue weighted by atomic mass is 31.2. The number of anilines is 1. The number of aliphatic hydroxyl groups is 1. The van der Waals surface area contributed by atoms with Crippen molar-refractivity contribution in [2.45, 2.75) is 141 Å². The maximum Gasteiger partial charge on any atom is 0.458 e. The number of aromatic nitrogens is 2. The van der Waals surface area contributed by atoms with Crippen molar-refractivity contribution < 1.29 is 37.0 Å². The molecule has 286 valence electrons. The summed E-state index contributed by atoms with van der Waals surface area (Å²) in [6, 6.07) is 6.06. The number of Topliss-reactive ketones (excluding diaryl/α,β-unsaturated/α-hetero) is 1. The number of ether oxygens (including phenoxy) is 1. The molecule has 1 aromatic carbocycles. The van der Waals surface area contributed by atoms with E-state index in [1.165, 1.54) is 69.3 Å². The monoisotopic (exact) mass is 738 g/mol. The Bertz CT molecular complexity index is 1460. The summed E-state index contributed by atoms with van der Waals surface area (Å²) in [4.78, 5) is 28.4. The normalized spacial score (nSPS) is 21.6. The summed E-state index contributed by atoms with van der Waals surface area (Å²) in [7, 11) is -4.20. The van der Waals surface area contributed by atoms with Crippen LogP contribution in [0.2, 0.25) is 0 Å². The lowest BCUT2D eigenvalue weighted by Gasteiger charge is -2.25. The smallest absolute Gasteiger partial charge is 0.413 e. The number of unbranched alkanes of at least 4 members (excludes halogenated alkanes) is 11. The van der Waals surface area contributed by atoms with E-state index in [4.69, 9.17) is 19.5 Å². The highest BCUT2D eigenvalue weighted by molar-refractivity contribution is 7.52. The molecule has 0 radical (unpaired) electrons. The van der Waals surface area contributed by atoms with Gasteiger partial charge in [0.1, 0.15) is 35.4 Å². The molecule has 0 amide bonds. The number of benzene rings is 1. The first-order valence-corrected chi connectivity index (χ1v) is 20.0. The highest BCUT2D eigenvalue weighted by Gasteiger charge is 2.55. The molecule has 5 atom stereocenters. The first kappa shape index (κ1) is 42.5. The summed E-state index contributed by atoms with van der Waals surface area (Å²) in [6.07, 6.45) is 17.6. The molecule has 2 aromatic rings. The number of carbonyl (C=O) groups excluding carboxylic acids is 1. The van der Waals surface area contributed by atoms with Crippen LogP contribution in [0.4, 0.5) is 14.6 Å². The molecule has 14 heteroatoms. The fraction of sp³-hybridized carbons (Fsp3) is 0.649. The summed E-state index contributed by atoms with van der Waals surface area (Å²) in [5, 5.41) is 13.4. The number of carbonyl (C=O) groups is 1. The van der Waals surface area contributed by atoms with E-state index in [1.54, 1.807) is 0 Å². The molecule has 1 aliphatic heterocycles. The number of ketones is 1. The Hall–Kier alpha value is -2.96. The van der Waals surface area contributed by atoms with Gasteiger partial charge in [-0.15, -0.1) is 0 Å². The zero-order valence-corrected chi connectivity index (χ0v) is 31.0. The molecule has 0 spiro atoms. The van der Waals surface area contributed by atoms with Crippen molar-refractivity contribution >= 4 is 19.3 Å². The summed E-state index contributed by atoms with van der Waals surface area (Å²) in [5.74, 6) is -0.454. The average molecular weight is 739 g/mol. The average Bonchev–Trinajstić information content (AvgIpc) is 3.32. The fourth-order valence-electron chi connectivity index (χ4n) is 5.88. The van der Waals surface area contributed by atoms with Gasteiger partial charge in [0.25, 0.3) is 0 Å². The van der Waals surface area contributed by atoms with Crippen LogP contribution in [0.15, 0.2) is 53.5 Å². The van der Waals surface area contributed by atoms with Gasteiger partial charge < -0.3 is 20.1 Å². The van der Waals surface area contributed by atoms with Crippen LogP contribution in [0, 0.1) is 5.82 Å². The Labute approximate surface area is 300 Å². The minimum atomic E-state index is -4.20. The van der Waals surface area contributed by atoms with Crippen LogP contribution in [0.5, 0.6) is 5.75 Å². The van der Waals surface area contributed by atoms with Crippen molar-refractivity contribution in [1.82, 2.24) is 14.6 Å². The number of nitrogens with two attached hydrogens (primary N) is 1. The number of halogens is 2. The Balaban J connectivity index is 1.39. The number of aliphatic hydroxyl groups excluding tert-OH is 1. The molecule has 3 rings (SSSR count). The number of alkyl halides is 1. The van der Waals surface area contributed by atoms with Crippen LogP contribution in [-0.4, -0.2) is 51.5 Å². The molecule has 1 fully saturated rings. The summed E-state index contributed by atoms with van der Waals surface area (Å²) < 4.78 is 60.5. The van der Waals surface area contributed by atoms with Gasteiger partial charge >= 0.3 is 13.4 Å². The van der Waals surface area contributed by atoms with E-state index in [0.29, 0.717) is 12.8 Å². The van der Waals surface area contributed by atoms with Gasteiger partial charge in [0.15, 0.2) is 11.9 Å². The number of nitrogens with zero attached hydrogens (tertiary/aromatic N) is 2. The zero-order chi connectivity index (χ0) is 37.1. The van der Waals surface area contributed by atoms with Crippen LogP contribution >= 0.6 is 7.75 Å². The largest absolute Gasteiger partial charge is 0.458 e. The molecule has 1 aromatic heterocycles. The van der Waals surface area contributed by atoms with E-state index >= 15 is 4.39 Å². The highest BCUT2D eigenvalue weighted by Crippen LogP contribution is 2.47. The van der Waals surface area contributed by atoms with Gasteiger partial charge in [-0.2, -0.15) is 4.98 Å². The minimum Gasteiger partial charge on any atom is -0.413 e. The Morgan fingerprint density at radius 3 is 2.27 bits per heavy atom. The van der Waals surface area contributed by atoms with E-state index in [1.807, 2.05) is 0 Å². The van der Waals surface area contributed by atoms with Crippen molar-refractivity contribution in [1.29, 1.82) is 0 Å². The van der Waals surface area contributed by atoms with Crippen LogP contribution < -0.4 is 21.0 Å². The summed E-state index contributed by atoms with van der Waals surface area (Å²) in [6.45, 7) is 2.79. The molecule has 1 aliphatic rings. The molecule has 0 saturated carbocycles. The van der Waals surface area contributed by atoms with Crippen LogP contribution in [0.1, 0.15) is 123 Å². The van der Waals surface area contributed by atoms with E-state index < -0.39 is 50.0 Å². The third-order valence-corrected chi connectivity index (χ3v) is 10.5. The molecule has 1 saturated heterocycles. The van der Waals surface area contributed by atoms with Crippen molar-refractivity contribution in [2.75, 3.05) is 18.9 Å².